The fourth-order valence-electron chi connectivity index (χ4n) is 3.29. The Hall–Kier alpha value is -3.52. The van der Waals surface area contributed by atoms with E-state index in [9.17, 15) is 4.79 Å². The van der Waals surface area contributed by atoms with Crippen molar-refractivity contribution in [2.45, 2.75) is 6.61 Å². The van der Waals surface area contributed by atoms with Gasteiger partial charge in [-0.1, -0.05) is 59.1 Å². The first kappa shape index (κ1) is 25.6. The summed E-state index contributed by atoms with van der Waals surface area (Å²) in [6.07, 6.45) is 3.10. The van der Waals surface area contributed by atoms with Gasteiger partial charge in [0, 0.05) is 27.2 Å². The van der Waals surface area contributed by atoms with Crippen LogP contribution in [0.25, 0.3) is 10.9 Å². The van der Waals surface area contributed by atoms with Gasteiger partial charge in [0.05, 0.1) is 18.3 Å². The molecule has 0 spiro atoms. The minimum absolute atomic E-state index is 0.168. The molecule has 1 heterocycles. The van der Waals surface area contributed by atoms with Crippen LogP contribution in [-0.2, 0) is 11.4 Å². The summed E-state index contributed by atoms with van der Waals surface area (Å²) in [5, 5.41) is 6.21. The third kappa shape index (κ3) is 6.37. The van der Waals surface area contributed by atoms with E-state index in [-0.39, 0.29) is 13.2 Å². The first-order valence-electron chi connectivity index (χ1n) is 10.7. The molecule has 7 nitrogen and oxygen atoms in total. The standard InChI is InChI=1S/C26H20Cl3N3O4/c1-34-23-11-16(10-21(29)26(23)36-14-18-7-8-19(27)12-20(18)28)13-31-32-24(33)15-35-22-6-2-4-17-5-3-9-30-25(17)22/h2-13H,14-15H2,1H3,(H,32,33)/b31-13+. The van der Waals surface area contributed by atoms with Crippen molar-refractivity contribution >= 4 is 57.8 Å². The fourth-order valence-corrected chi connectivity index (χ4v) is 4.03. The van der Waals surface area contributed by atoms with Gasteiger partial charge in [0.1, 0.15) is 17.9 Å². The van der Waals surface area contributed by atoms with Crippen LogP contribution in [0, 0.1) is 0 Å². The number of ether oxygens (including phenoxy) is 3. The van der Waals surface area contributed by atoms with Crippen LogP contribution in [-0.4, -0.2) is 30.8 Å². The SMILES string of the molecule is COc1cc(/C=N/NC(=O)COc2cccc3cccnc23)cc(Cl)c1OCc1ccc(Cl)cc1Cl. The number of benzene rings is 3. The summed E-state index contributed by atoms with van der Waals surface area (Å²) >= 11 is 18.6. The van der Waals surface area contributed by atoms with Gasteiger partial charge in [-0.05, 0) is 42.0 Å². The molecule has 4 aromatic rings. The van der Waals surface area contributed by atoms with E-state index in [1.165, 1.54) is 13.3 Å². The molecule has 0 atom stereocenters. The molecule has 3 aromatic carbocycles. The average molecular weight is 545 g/mol. The molecule has 0 aliphatic rings. The quantitative estimate of drug-likeness (QED) is 0.197. The molecule has 4 rings (SSSR count). The van der Waals surface area contributed by atoms with E-state index < -0.39 is 5.91 Å². The number of nitrogens with one attached hydrogen (secondary N) is 1. The zero-order valence-electron chi connectivity index (χ0n) is 19.0. The van der Waals surface area contributed by atoms with Gasteiger partial charge in [0.25, 0.3) is 5.91 Å². The lowest BCUT2D eigenvalue weighted by Crippen LogP contribution is -2.24. The number of hydrogen-bond acceptors (Lipinski definition) is 6. The molecule has 0 radical (unpaired) electrons. The predicted molar refractivity (Wildman–Crippen MR) is 142 cm³/mol. The number of nitrogens with zero attached hydrogens (tertiary/aromatic N) is 2. The molecule has 184 valence electrons. The number of carbonyl (C=O) groups excluding carboxylic acids is 1. The van der Waals surface area contributed by atoms with Gasteiger partial charge in [0.2, 0.25) is 0 Å². The van der Waals surface area contributed by atoms with E-state index in [0.29, 0.717) is 43.4 Å². The number of para-hydroxylation sites is 1. The van der Waals surface area contributed by atoms with E-state index >= 15 is 0 Å². The molecule has 0 aliphatic heterocycles. The number of fused-ring (bicyclic) bond motifs is 1. The van der Waals surface area contributed by atoms with E-state index in [2.05, 4.69) is 15.5 Å². The number of halogens is 3. The summed E-state index contributed by atoms with van der Waals surface area (Å²) < 4.78 is 16.9. The van der Waals surface area contributed by atoms with Crippen molar-refractivity contribution < 1.29 is 19.0 Å². The van der Waals surface area contributed by atoms with Crippen molar-refractivity contribution in [1.29, 1.82) is 0 Å². The lowest BCUT2D eigenvalue weighted by atomic mass is 10.2. The van der Waals surface area contributed by atoms with Crippen LogP contribution >= 0.6 is 34.8 Å². The van der Waals surface area contributed by atoms with Crippen molar-refractivity contribution in [3.05, 3.63) is 93.1 Å². The maximum Gasteiger partial charge on any atom is 0.277 e. The summed E-state index contributed by atoms with van der Waals surface area (Å²) in [5.41, 5.74) is 4.44. The monoisotopic (exact) mass is 543 g/mol. The molecule has 10 heteroatoms. The van der Waals surface area contributed by atoms with Crippen LogP contribution in [0.4, 0.5) is 0 Å². The molecule has 1 amide bonds. The van der Waals surface area contributed by atoms with Crippen LogP contribution in [0.15, 0.2) is 72.0 Å². The highest BCUT2D eigenvalue weighted by Gasteiger charge is 2.13. The molecule has 0 saturated carbocycles. The Bertz CT molecular complexity index is 1420. The van der Waals surface area contributed by atoms with Crippen LogP contribution in [0.2, 0.25) is 15.1 Å². The highest BCUT2D eigenvalue weighted by Crippen LogP contribution is 2.37. The topological polar surface area (TPSA) is 82.0 Å². The third-order valence-corrected chi connectivity index (χ3v) is 5.86. The summed E-state index contributed by atoms with van der Waals surface area (Å²) in [7, 11) is 1.50. The van der Waals surface area contributed by atoms with Gasteiger partial charge in [-0.2, -0.15) is 5.10 Å². The van der Waals surface area contributed by atoms with Crippen molar-refractivity contribution in [2.24, 2.45) is 5.10 Å². The second-order valence-corrected chi connectivity index (χ2v) is 8.72. The minimum atomic E-state index is -0.433. The summed E-state index contributed by atoms with van der Waals surface area (Å²) in [6.45, 7) is -0.0566. The highest BCUT2D eigenvalue weighted by atomic mass is 35.5. The number of amides is 1. The summed E-state index contributed by atoms with van der Waals surface area (Å²) in [4.78, 5) is 16.5. The van der Waals surface area contributed by atoms with Gasteiger partial charge >= 0.3 is 0 Å². The molecule has 0 aliphatic carbocycles. The number of aromatic nitrogens is 1. The molecule has 1 N–H and O–H groups in total. The number of rotatable bonds is 9. The van der Waals surface area contributed by atoms with Crippen LogP contribution in [0.3, 0.4) is 0 Å². The third-order valence-electron chi connectivity index (χ3n) is 5.00. The van der Waals surface area contributed by atoms with Gasteiger partial charge in [-0.15, -0.1) is 0 Å². The normalized spacial score (nSPS) is 11.0. The summed E-state index contributed by atoms with van der Waals surface area (Å²) in [5.74, 6) is 0.826. The maximum absolute atomic E-state index is 12.2. The molecular formula is C26H20Cl3N3O4. The molecule has 0 bridgehead atoms. The Labute approximate surface area is 222 Å². The average Bonchev–Trinajstić information content (AvgIpc) is 2.87. The van der Waals surface area contributed by atoms with E-state index in [1.54, 1.807) is 42.6 Å². The number of pyridine rings is 1. The maximum atomic E-state index is 12.2. The lowest BCUT2D eigenvalue weighted by Gasteiger charge is -2.14. The smallest absolute Gasteiger partial charge is 0.277 e. The highest BCUT2D eigenvalue weighted by molar-refractivity contribution is 6.35. The Morgan fingerprint density at radius 1 is 1.00 bits per heavy atom. The molecule has 1 aromatic heterocycles. The van der Waals surface area contributed by atoms with Gasteiger partial charge in [0.15, 0.2) is 18.1 Å². The molecule has 36 heavy (non-hydrogen) atoms. The van der Waals surface area contributed by atoms with Crippen molar-refractivity contribution in [1.82, 2.24) is 10.4 Å². The zero-order valence-corrected chi connectivity index (χ0v) is 21.3. The van der Waals surface area contributed by atoms with Gasteiger partial charge < -0.3 is 14.2 Å². The number of methoxy groups -OCH3 is 1. The zero-order chi connectivity index (χ0) is 25.5. The van der Waals surface area contributed by atoms with E-state index in [0.717, 1.165) is 10.9 Å². The predicted octanol–water partition coefficient (Wildman–Crippen LogP) is 6.31. The van der Waals surface area contributed by atoms with Crippen LogP contribution in [0.1, 0.15) is 11.1 Å². The van der Waals surface area contributed by atoms with E-state index in [1.807, 2.05) is 24.3 Å². The minimum Gasteiger partial charge on any atom is -0.493 e. The lowest BCUT2D eigenvalue weighted by molar-refractivity contribution is -0.123. The first-order valence-corrected chi connectivity index (χ1v) is 11.8. The number of hydrogen-bond donors (Lipinski definition) is 1. The number of carbonyl (C=O) groups is 1. The van der Waals surface area contributed by atoms with Gasteiger partial charge in [-0.25, -0.2) is 5.43 Å². The van der Waals surface area contributed by atoms with Crippen LogP contribution < -0.4 is 19.6 Å². The Balaban J connectivity index is 1.36. The Morgan fingerprint density at radius 2 is 1.83 bits per heavy atom. The van der Waals surface area contributed by atoms with Crippen LogP contribution in [0.5, 0.6) is 17.2 Å². The number of hydrazone groups is 1. The Morgan fingerprint density at radius 3 is 2.64 bits per heavy atom. The molecule has 0 unspecified atom stereocenters. The first-order chi connectivity index (χ1) is 17.4. The van der Waals surface area contributed by atoms with Gasteiger partial charge in [-0.3, -0.25) is 9.78 Å². The second kappa shape index (κ2) is 11.9. The molecule has 0 fully saturated rings. The molecule has 0 saturated heterocycles. The second-order valence-electron chi connectivity index (χ2n) is 7.47. The molecular weight excluding hydrogens is 525 g/mol. The van der Waals surface area contributed by atoms with E-state index in [4.69, 9.17) is 49.0 Å². The largest absolute Gasteiger partial charge is 0.493 e. The van der Waals surface area contributed by atoms with Crippen molar-refractivity contribution in [2.75, 3.05) is 13.7 Å². The van der Waals surface area contributed by atoms with Crippen molar-refractivity contribution in [3.8, 4) is 17.2 Å². The summed E-state index contributed by atoms with van der Waals surface area (Å²) in [6, 6.07) is 17.7. The fraction of sp³-hybridized carbons (Fsp3) is 0.115. The van der Waals surface area contributed by atoms with Crippen molar-refractivity contribution in [3.63, 3.8) is 0 Å². The Kier molecular flexibility index (Phi) is 8.48.